The molecule has 1 N–H and O–H groups in total. The minimum atomic E-state index is 0.287. The predicted molar refractivity (Wildman–Crippen MR) is 86.1 cm³/mol. The first-order chi connectivity index (χ1) is 9.10. The Balaban J connectivity index is 2.76. The standard InChI is InChI=1S/C14H26ClN3S/c1-5-7-18-14(12(15)8-17-18)13(16-6-2)10-19-9-11(3)4/h8,11,13,16H,5-7,9-10H2,1-4H3. The lowest BCUT2D eigenvalue weighted by Gasteiger charge is -2.20. The molecule has 5 heteroatoms. The highest BCUT2D eigenvalue weighted by molar-refractivity contribution is 7.99. The number of nitrogens with one attached hydrogen (secondary N) is 1. The van der Waals surface area contributed by atoms with E-state index in [2.05, 4.69) is 38.1 Å². The highest BCUT2D eigenvalue weighted by atomic mass is 35.5. The summed E-state index contributed by atoms with van der Waals surface area (Å²) in [6.45, 7) is 10.7. The lowest BCUT2D eigenvalue weighted by Crippen LogP contribution is -2.26. The molecule has 1 unspecified atom stereocenters. The summed E-state index contributed by atoms with van der Waals surface area (Å²) < 4.78 is 2.05. The number of aryl methyl sites for hydroxylation is 1. The van der Waals surface area contributed by atoms with Crippen LogP contribution in [0.5, 0.6) is 0 Å². The van der Waals surface area contributed by atoms with Crippen LogP contribution in [0.25, 0.3) is 0 Å². The molecule has 0 fully saturated rings. The van der Waals surface area contributed by atoms with Gasteiger partial charge in [-0.1, -0.05) is 39.3 Å². The van der Waals surface area contributed by atoms with Gasteiger partial charge in [-0.3, -0.25) is 4.68 Å². The summed E-state index contributed by atoms with van der Waals surface area (Å²) in [4.78, 5) is 0. The minimum Gasteiger partial charge on any atom is -0.308 e. The van der Waals surface area contributed by atoms with Crippen LogP contribution in [0.4, 0.5) is 0 Å². The Morgan fingerprint density at radius 2 is 2.11 bits per heavy atom. The Morgan fingerprint density at radius 3 is 2.68 bits per heavy atom. The van der Waals surface area contributed by atoms with E-state index in [-0.39, 0.29) is 6.04 Å². The maximum atomic E-state index is 6.32. The summed E-state index contributed by atoms with van der Waals surface area (Å²) in [6, 6.07) is 0.287. The highest BCUT2D eigenvalue weighted by Gasteiger charge is 2.19. The van der Waals surface area contributed by atoms with Crippen LogP contribution in [-0.4, -0.2) is 27.8 Å². The largest absolute Gasteiger partial charge is 0.308 e. The molecule has 1 aromatic heterocycles. The Hall–Kier alpha value is -0.190. The van der Waals surface area contributed by atoms with Crippen molar-refractivity contribution in [2.24, 2.45) is 5.92 Å². The summed E-state index contributed by atoms with van der Waals surface area (Å²) in [5.74, 6) is 2.95. The Kier molecular flexibility index (Phi) is 7.88. The monoisotopic (exact) mass is 303 g/mol. The van der Waals surface area contributed by atoms with Crippen LogP contribution < -0.4 is 5.32 Å². The van der Waals surface area contributed by atoms with Gasteiger partial charge < -0.3 is 5.32 Å². The smallest absolute Gasteiger partial charge is 0.0834 e. The van der Waals surface area contributed by atoms with Gasteiger partial charge in [-0.15, -0.1) is 0 Å². The first kappa shape index (κ1) is 16.9. The van der Waals surface area contributed by atoms with Gasteiger partial charge in [-0.05, 0) is 24.6 Å². The van der Waals surface area contributed by atoms with Crippen LogP contribution in [0.1, 0.15) is 45.9 Å². The van der Waals surface area contributed by atoms with Gasteiger partial charge in [0.05, 0.1) is 23.0 Å². The molecule has 3 nitrogen and oxygen atoms in total. The Bertz CT molecular complexity index is 366. The number of halogens is 1. The maximum absolute atomic E-state index is 6.32. The molecule has 0 aliphatic heterocycles. The van der Waals surface area contributed by atoms with Crippen LogP contribution in [0, 0.1) is 5.92 Å². The zero-order chi connectivity index (χ0) is 14.3. The lowest BCUT2D eigenvalue weighted by atomic mass is 10.2. The van der Waals surface area contributed by atoms with Gasteiger partial charge in [-0.25, -0.2) is 0 Å². The van der Waals surface area contributed by atoms with Gasteiger partial charge in [-0.2, -0.15) is 16.9 Å². The molecule has 110 valence electrons. The molecule has 0 aliphatic rings. The fourth-order valence-electron chi connectivity index (χ4n) is 2.01. The second kappa shape index (κ2) is 8.88. The second-order valence-corrected chi connectivity index (χ2v) is 6.62. The van der Waals surface area contributed by atoms with Crippen molar-refractivity contribution in [3.05, 3.63) is 16.9 Å². The van der Waals surface area contributed by atoms with E-state index < -0.39 is 0 Å². The van der Waals surface area contributed by atoms with E-state index in [4.69, 9.17) is 11.6 Å². The predicted octanol–water partition coefficient (Wildman–Crippen LogP) is 3.99. The molecule has 0 radical (unpaired) electrons. The van der Waals surface area contributed by atoms with Crippen LogP contribution in [0.15, 0.2) is 6.20 Å². The van der Waals surface area contributed by atoms with Crippen LogP contribution in [0.3, 0.4) is 0 Å². The van der Waals surface area contributed by atoms with Crippen molar-refractivity contribution in [1.29, 1.82) is 0 Å². The average molecular weight is 304 g/mol. The summed E-state index contributed by atoms with van der Waals surface area (Å²) in [6.07, 6.45) is 2.84. The molecule has 0 saturated carbocycles. The first-order valence-electron chi connectivity index (χ1n) is 7.12. The SMILES string of the molecule is CCCn1ncc(Cl)c1C(CSCC(C)C)NCC. The zero-order valence-corrected chi connectivity index (χ0v) is 14.0. The fraction of sp³-hybridized carbons (Fsp3) is 0.786. The number of nitrogens with zero attached hydrogens (tertiary/aromatic N) is 2. The molecular weight excluding hydrogens is 278 g/mol. The summed E-state index contributed by atoms with van der Waals surface area (Å²) >= 11 is 8.30. The van der Waals surface area contributed by atoms with E-state index in [1.165, 1.54) is 5.75 Å². The van der Waals surface area contributed by atoms with Crippen molar-refractivity contribution < 1.29 is 0 Å². The molecule has 1 atom stereocenters. The van der Waals surface area contributed by atoms with Gasteiger partial charge in [0, 0.05) is 12.3 Å². The first-order valence-corrected chi connectivity index (χ1v) is 8.65. The topological polar surface area (TPSA) is 29.9 Å². The van der Waals surface area contributed by atoms with Crippen molar-refractivity contribution in [1.82, 2.24) is 15.1 Å². The molecule has 0 aromatic carbocycles. The van der Waals surface area contributed by atoms with Crippen LogP contribution >= 0.6 is 23.4 Å². The summed E-state index contributed by atoms with van der Waals surface area (Å²) in [7, 11) is 0. The molecule has 0 aliphatic carbocycles. The normalized spacial score (nSPS) is 13.2. The van der Waals surface area contributed by atoms with E-state index in [1.54, 1.807) is 6.20 Å². The fourth-order valence-corrected chi connectivity index (χ4v) is 3.40. The highest BCUT2D eigenvalue weighted by Crippen LogP contribution is 2.26. The van der Waals surface area contributed by atoms with E-state index >= 15 is 0 Å². The third-order valence-electron chi connectivity index (χ3n) is 2.78. The van der Waals surface area contributed by atoms with Gasteiger partial charge in [0.25, 0.3) is 0 Å². The molecule has 0 spiro atoms. The number of aromatic nitrogens is 2. The zero-order valence-electron chi connectivity index (χ0n) is 12.4. The second-order valence-electron chi connectivity index (χ2n) is 5.14. The van der Waals surface area contributed by atoms with E-state index in [9.17, 15) is 0 Å². The average Bonchev–Trinajstić information content (AvgIpc) is 2.70. The number of hydrogen-bond acceptors (Lipinski definition) is 3. The van der Waals surface area contributed by atoms with E-state index in [0.29, 0.717) is 0 Å². The molecule has 0 bridgehead atoms. The molecule has 19 heavy (non-hydrogen) atoms. The maximum Gasteiger partial charge on any atom is 0.0834 e. The Morgan fingerprint density at radius 1 is 1.37 bits per heavy atom. The minimum absolute atomic E-state index is 0.287. The molecule has 0 amide bonds. The quantitative estimate of drug-likeness (QED) is 0.748. The van der Waals surface area contributed by atoms with Crippen molar-refractivity contribution in [2.75, 3.05) is 18.1 Å². The van der Waals surface area contributed by atoms with Crippen LogP contribution in [-0.2, 0) is 6.54 Å². The van der Waals surface area contributed by atoms with E-state index in [1.807, 2.05) is 16.4 Å². The van der Waals surface area contributed by atoms with Gasteiger partial charge in [0.15, 0.2) is 0 Å². The summed E-state index contributed by atoms with van der Waals surface area (Å²) in [5.41, 5.74) is 1.14. The van der Waals surface area contributed by atoms with Crippen molar-refractivity contribution in [3.8, 4) is 0 Å². The van der Waals surface area contributed by atoms with Crippen molar-refractivity contribution in [3.63, 3.8) is 0 Å². The molecule has 1 aromatic rings. The lowest BCUT2D eigenvalue weighted by molar-refractivity contribution is 0.508. The third kappa shape index (κ3) is 5.36. The third-order valence-corrected chi connectivity index (χ3v) is 4.55. The molecule has 1 heterocycles. The number of hydrogen-bond donors (Lipinski definition) is 1. The number of thioether (sulfide) groups is 1. The Labute approximate surface area is 126 Å². The molecule has 1 rings (SSSR count). The van der Waals surface area contributed by atoms with Crippen LogP contribution in [0.2, 0.25) is 5.02 Å². The molecular formula is C14H26ClN3S. The van der Waals surface area contributed by atoms with E-state index in [0.717, 1.165) is 41.9 Å². The van der Waals surface area contributed by atoms with Crippen molar-refractivity contribution in [2.45, 2.75) is 46.7 Å². The van der Waals surface area contributed by atoms with Gasteiger partial charge in [0.1, 0.15) is 0 Å². The molecule has 0 saturated heterocycles. The van der Waals surface area contributed by atoms with Gasteiger partial charge >= 0.3 is 0 Å². The van der Waals surface area contributed by atoms with Gasteiger partial charge in [0.2, 0.25) is 0 Å². The van der Waals surface area contributed by atoms with Crippen molar-refractivity contribution >= 4 is 23.4 Å². The summed E-state index contributed by atoms with van der Waals surface area (Å²) in [5, 5.41) is 8.70. The number of rotatable bonds is 9.